The second-order valence-electron chi connectivity index (χ2n) is 5.44. The summed E-state index contributed by atoms with van der Waals surface area (Å²) in [5, 5.41) is 17.0. The average molecular weight is 302 g/mol. The zero-order chi connectivity index (χ0) is 15.8. The number of unbranched alkanes of at least 4 members (excludes halogenated alkanes) is 8. The number of rotatable bonds is 16. The van der Waals surface area contributed by atoms with E-state index in [0.717, 1.165) is 64.6 Å². The Morgan fingerprint density at radius 1 is 0.571 bits per heavy atom. The van der Waals surface area contributed by atoms with Gasteiger partial charge in [-0.15, -0.1) is 0 Å². The molecule has 0 saturated carbocycles. The highest BCUT2D eigenvalue weighted by Crippen LogP contribution is 2.09. The predicted octanol–water partition coefficient (Wildman–Crippen LogP) is 3.85. The van der Waals surface area contributed by atoms with Crippen molar-refractivity contribution in [3.8, 4) is 0 Å². The molecular weight excluding hydrogens is 272 g/mol. The Kier molecular flexibility index (Phi) is 14.5. The Morgan fingerprint density at radius 3 is 1.33 bits per heavy atom. The normalized spacial score (nSPS) is 10.7. The molecule has 0 aliphatic heterocycles. The van der Waals surface area contributed by atoms with Gasteiger partial charge in [-0.05, 0) is 25.7 Å². The summed E-state index contributed by atoms with van der Waals surface area (Å²) in [6.07, 6.45) is 10.7. The number of ether oxygens (including phenoxy) is 1. The van der Waals surface area contributed by atoms with Crippen molar-refractivity contribution in [1.82, 2.24) is 0 Å². The summed E-state index contributed by atoms with van der Waals surface area (Å²) in [7, 11) is 0. The van der Waals surface area contributed by atoms with E-state index in [1.165, 1.54) is 12.8 Å². The van der Waals surface area contributed by atoms with E-state index in [1.807, 2.05) is 0 Å². The minimum absolute atomic E-state index is 0.256. The molecule has 5 nitrogen and oxygen atoms in total. The molecule has 0 aromatic rings. The van der Waals surface area contributed by atoms with Crippen LogP contribution in [-0.2, 0) is 14.3 Å². The predicted molar refractivity (Wildman–Crippen MR) is 81.5 cm³/mol. The fourth-order valence-corrected chi connectivity index (χ4v) is 2.12. The third-order valence-electron chi connectivity index (χ3n) is 3.36. The maximum absolute atomic E-state index is 10.3. The molecule has 0 amide bonds. The molecule has 0 aromatic carbocycles. The Morgan fingerprint density at radius 2 is 0.905 bits per heavy atom. The van der Waals surface area contributed by atoms with E-state index in [0.29, 0.717) is 6.42 Å². The maximum atomic E-state index is 10.3. The highest BCUT2D eigenvalue weighted by atomic mass is 16.5. The van der Waals surface area contributed by atoms with Gasteiger partial charge in [-0.2, -0.15) is 0 Å². The van der Waals surface area contributed by atoms with Gasteiger partial charge in [0.25, 0.3) is 0 Å². The Labute approximate surface area is 127 Å². The number of carboxylic acid groups (broad SMARTS) is 2. The number of carboxylic acids is 2. The van der Waals surface area contributed by atoms with E-state index >= 15 is 0 Å². The zero-order valence-corrected chi connectivity index (χ0v) is 13.0. The molecule has 0 spiro atoms. The van der Waals surface area contributed by atoms with Crippen LogP contribution < -0.4 is 0 Å². The van der Waals surface area contributed by atoms with Crippen molar-refractivity contribution in [2.24, 2.45) is 0 Å². The molecule has 0 atom stereocenters. The summed E-state index contributed by atoms with van der Waals surface area (Å²) in [4.78, 5) is 20.6. The van der Waals surface area contributed by atoms with Gasteiger partial charge < -0.3 is 14.9 Å². The Bertz CT molecular complexity index is 239. The van der Waals surface area contributed by atoms with Crippen molar-refractivity contribution in [3.63, 3.8) is 0 Å². The molecule has 2 N–H and O–H groups in total. The van der Waals surface area contributed by atoms with Crippen molar-refractivity contribution in [1.29, 1.82) is 0 Å². The first-order valence-corrected chi connectivity index (χ1v) is 8.14. The smallest absolute Gasteiger partial charge is 0.303 e. The first-order chi connectivity index (χ1) is 10.1. The molecule has 124 valence electrons. The SMILES string of the molecule is O=C(O)CCCCCCCCCOCCCCCC(=O)O. The van der Waals surface area contributed by atoms with Gasteiger partial charge in [0.2, 0.25) is 0 Å². The lowest BCUT2D eigenvalue weighted by Gasteiger charge is -2.04. The number of hydrogen-bond donors (Lipinski definition) is 2. The van der Waals surface area contributed by atoms with Crippen LogP contribution in [0, 0.1) is 0 Å². The van der Waals surface area contributed by atoms with Crippen molar-refractivity contribution in [2.75, 3.05) is 13.2 Å². The monoisotopic (exact) mass is 302 g/mol. The fraction of sp³-hybridized carbons (Fsp3) is 0.875. The van der Waals surface area contributed by atoms with Crippen LogP contribution in [0.25, 0.3) is 0 Å². The molecule has 0 heterocycles. The van der Waals surface area contributed by atoms with E-state index in [2.05, 4.69) is 0 Å². The van der Waals surface area contributed by atoms with Crippen LogP contribution in [0.5, 0.6) is 0 Å². The highest BCUT2D eigenvalue weighted by molar-refractivity contribution is 5.66. The minimum Gasteiger partial charge on any atom is -0.481 e. The van der Waals surface area contributed by atoms with Gasteiger partial charge >= 0.3 is 11.9 Å². The van der Waals surface area contributed by atoms with Gasteiger partial charge in [0, 0.05) is 26.1 Å². The highest BCUT2D eigenvalue weighted by Gasteiger charge is 1.98. The van der Waals surface area contributed by atoms with Crippen LogP contribution in [0.2, 0.25) is 0 Å². The molecule has 0 aliphatic rings. The van der Waals surface area contributed by atoms with E-state index in [1.54, 1.807) is 0 Å². The van der Waals surface area contributed by atoms with Crippen LogP contribution in [0.1, 0.15) is 77.0 Å². The van der Waals surface area contributed by atoms with Gasteiger partial charge in [-0.25, -0.2) is 0 Å². The van der Waals surface area contributed by atoms with Crippen LogP contribution >= 0.6 is 0 Å². The van der Waals surface area contributed by atoms with Gasteiger partial charge in [-0.1, -0.05) is 38.5 Å². The lowest BCUT2D eigenvalue weighted by atomic mass is 10.1. The molecule has 21 heavy (non-hydrogen) atoms. The summed E-state index contributed by atoms with van der Waals surface area (Å²) < 4.78 is 5.50. The van der Waals surface area contributed by atoms with Crippen molar-refractivity contribution in [3.05, 3.63) is 0 Å². The number of carbonyl (C=O) groups is 2. The third-order valence-corrected chi connectivity index (χ3v) is 3.36. The summed E-state index contributed by atoms with van der Waals surface area (Å²) in [6, 6.07) is 0. The summed E-state index contributed by atoms with van der Waals surface area (Å²) in [6.45, 7) is 1.52. The van der Waals surface area contributed by atoms with Crippen LogP contribution in [0.15, 0.2) is 0 Å². The first-order valence-electron chi connectivity index (χ1n) is 8.14. The standard InChI is InChI=1S/C16H30O5/c17-15(18)11-7-4-2-1-3-5-9-13-21-14-10-6-8-12-16(19)20/h1-14H2,(H,17,18)(H,19,20). The largest absolute Gasteiger partial charge is 0.481 e. The number of hydrogen-bond acceptors (Lipinski definition) is 3. The molecule has 0 fully saturated rings. The van der Waals surface area contributed by atoms with E-state index in [-0.39, 0.29) is 6.42 Å². The van der Waals surface area contributed by atoms with Crippen molar-refractivity contribution >= 4 is 11.9 Å². The van der Waals surface area contributed by atoms with E-state index in [9.17, 15) is 9.59 Å². The molecule has 0 unspecified atom stereocenters. The van der Waals surface area contributed by atoms with Gasteiger partial charge in [0.1, 0.15) is 0 Å². The topological polar surface area (TPSA) is 83.8 Å². The Balaban J connectivity index is 2.99. The second-order valence-corrected chi connectivity index (χ2v) is 5.44. The van der Waals surface area contributed by atoms with Crippen LogP contribution in [0.3, 0.4) is 0 Å². The molecule has 0 rings (SSSR count). The molecule has 0 aromatic heterocycles. The lowest BCUT2D eigenvalue weighted by molar-refractivity contribution is -0.138. The number of aliphatic carboxylic acids is 2. The van der Waals surface area contributed by atoms with Gasteiger partial charge in [-0.3, -0.25) is 9.59 Å². The molecule has 0 saturated heterocycles. The summed E-state index contributed by atoms with van der Waals surface area (Å²) in [5.41, 5.74) is 0. The first kappa shape index (κ1) is 19.9. The van der Waals surface area contributed by atoms with Crippen molar-refractivity contribution < 1.29 is 24.5 Å². The molecule has 5 heteroatoms. The van der Waals surface area contributed by atoms with E-state index in [4.69, 9.17) is 14.9 Å². The van der Waals surface area contributed by atoms with Crippen molar-refractivity contribution in [2.45, 2.75) is 77.0 Å². The molecule has 0 bridgehead atoms. The summed E-state index contributed by atoms with van der Waals surface area (Å²) in [5.74, 6) is -1.42. The van der Waals surface area contributed by atoms with Gasteiger partial charge in [0.15, 0.2) is 0 Å². The average Bonchev–Trinajstić information content (AvgIpc) is 2.42. The molecular formula is C16H30O5. The minimum atomic E-state index is -0.723. The van der Waals surface area contributed by atoms with Gasteiger partial charge in [0.05, 0.1) is 0 Å². The van der Waals surface area contributed by atoms with Crippen LogP contribution in [0.4, 0.5) is 0 Å². The second kappa shape index (κ2) is 15.3. The quantitative estimate of drug-likeness (QED) is 0.423. The lowest BCUT2D eigenvalue weighted by Crippen LogP contribution is -1.98. The molecule has 0 radical (unpaired) electrons. The maximum Gasteiger partial charge on any atom is 0.303 e. The summed E-state index contributed by atoms with van der Waals surface area (Å²) >= 11 is 0. The molecule has 0 aliphatic carbocycles. The zero-order valence-electron chi connectivity index (χ0n) is 13.0. The van der Waals surface area contributed by atoms with E-state index < -0.39 is 11.9 Å². The Hall–Kier alpha value is -1.10. The third kappa shape index (κ3) is 18.9. The fourth-order valence-electron chi connectivity index (χ4n) is 2.12. The van der Waals surface area contributed by atoms with Crippen LogP contribution in [-0.4, -0.2) is 35.4 Å².